The molecule has 1 rings (SSSR count). The van der Waals surface area contributed by atoms with Crippen molar-refractivity contribution in [2.45, 2.75) is 12.9 Å². The van der Waals surface area contributed by atoms with Gasteiger partial charge in [0.05, 0.1) is 0 Å². The highest BCUT2D eigenvalue weighted by Crippen LogP contribution is 2.32. The van der Waals surface area contributed by atoms with Crippen molar-refractivity contribution in [2.24, 2.45) is 5.73 Å². The van der Waals surface area contributed by atoms with Crippen LogP contribution in [-0.2, 0) is 6.54 Å². The van der Waals surface area contributed by atoms with Gasteiger partial charge in [-0.05, 0) is 37.9 Å². The average Bonchev–Trinajstić information content (AvgIpc) is 2.07. The van der Waals surface area contributed by atoms with E-state index in [1.165, 1.54) is 6.07 Å². The Kier molecular flexibility index (Phi) is 3.96. The number of nitrogens with two attached hydrogens (primary N) is 1. The van der Waals surface area contributed by atoms with Gasteiger partial charge in [0.2, 0.25) is 0 Å². The van der Waals surface area contributed by atoms with Crippen LogP contribution in [0.2, 0.25) is 0 Å². The van der Waals surface area contributed by atoms with Gasteiger partial charge in [0.1, 0.15) is 9.21 Å². The summed E-state index contributed by atoms with van der Waals surface area (Å²) in [5, 5.41) is 0. The number of aromatic nitrogens is 1. The minimum Gasteiger partial charge on any atom is -0.403 e. The van der Waals surface area contributed by atoms with Crippen molar-refractivity contribution in [1.82, 2.24) is 4.98 Å². The van der Waals surface area contributed by atoms with Gasteiger partial charge in [-0.2, -0.15) is 0 Å². The van der Waals surface area contributed by atoms with Crippen molar-refractivity contribution in [3.05, 3.63) is 20.8 Å². The van der Waals surface area contributed by atoms with Gasteiger partial charge < -0.3 is 10.5 Å². The second-order valence-corrected chi connectivity index (χ2v) is 3.98. The van der Waals surface area contributed by atoms with Gasteiger partial charge in [0.15, 0.2) is 5.75 Å². The van der Waals surface area contributed by atoms with Crippen molar-refractivity contribution >= 4 is 31.9 Å². The number of nitrogens with zero attached hydrogens (tertiary/aromatic N) is 1. The Bertz CT molecular complexity index is 370. The van der Waals surface area contributed by atoms with Crippen LogP contribution in [0.3, 0.4) is 0 Å². The molecule has 8 heteroatoms. The molecule has 3 nitrogen and oxygen atoms in total. The molecule has 2 N–H and O–H groups in total. The van der Waals surface area contributed by atoms with E-state index in [2.05, 4.69) is 41.6 Å². The number of alkyl halides is 3. The maximum absolute atomic E-state index is 11.9. The van der Waals surface area contributed by atoms with E-state index in [0.29, 0.717) is 10.2 Å². The van der Waals surface area contributed by atoms with Gasteiger partial charge in [-0.25, -0.2) is 4.98 Å². The summed E-state index contributed by atoms with van der Waals surface area (Å²) in [6.45, 7) is 0.0646. The predicted octanol–water partition coefficient (Wildman–Crippen LogP) is 2.96. The smallest absolute Gasteiger partial charge is 0.403 e. The number of rotatable bonds is 2. The Morgan fingerprint density at radius 3 is 2.40 bits per heavy atom. The van der Waals surface area contributed by atoms with Gasteiger partial charge in [-0.15, -0.1) is 13.2 Å². The summed E-state index contributed by atoms with van der Waals surface area (Å²) in [6.07, 6.45) is -4.75. The molecule has 0 saturated carbocycles. The summed E-state index contributed by atoms with van der Waals surface area (Å²) in [5.41, 5.74) is 5.74. The molecular weight excluding hydrogens is 345 g/mol. The number of ether oxygens (including phenoxy) is 1. The zero-order valence-electron chi connectivity index (χ0n) is 7.11. The van der Waals surface area contributed by atoms with Crippen molar-refractivity contribution in [3.8, 4) is 5.75 Å². The highest BCUT2D eigenvalue weighted by Gasteiger charge is 2.32. The fourth-order valence-electron chi connectivity index (χ4n) is 0.830. The van der Waals surface area contributed by atoms with E-state index < -0.39 is 12.1 Å². The van der Waals surface area contributed by atoms with E-state index in [4.69, 9.17) is 5.73 Å². The molecule has 0 atom stereocenters. The van der Waals surface area contributed by atoms with Crippen LogP contribution in [0.5, 0.6) is 5.75 Å². The first kappa shape index (κ1) is 12.7. The minimum absolute atomic E-state index is 0.0381. The first-order valence-electron chi connectivity index (χ1n) is 3.64. The van der Waals surface area contributed by atoms with E-state index in [1.807, 2.05) is 0 Å². The molecule has 0 spiro atoms. The van der Waals surface area contributed by atoms with Crippen LogP contribution in [0.15, 0.2) is 15.3 Å². The lowest BCUT2D eigenvalue weighted by atomic mass is 10.3. The van der Waals surface area contributed by atoms with Gasteiger partial charge in [0.25, 0.3) is 0 Å². The normalized spacial score (nSPS) is 11.6. The van der Waals surface area contributed by atoms with Gasteiger partial charge in [-0.1, -0.05) is 0 Å². The quantitative estimate of drug-likeness (QED) is 0.835. The molecule has 0 aliphatic heterocycles. The van der Waals surface area contributed by atoms with Crippen molar-refractivity contribution in [1.29, 1.82) is 0 Å². The monoisotopic (exact) mass is 348 g/mol. The average molecular weight is 350 g/mol. The van der Waals surface area contributed by atoms with Gasteiger partial charge in [0, 0.05) is 12.1 Å². The summed E-state index contributed by atoms with van der Waals surface area (Å²) in [7, 11) is 0. The molecule has 1 aromatic rings. The van der Waals surface area contributed by atoms with Gasteiger partial charge in [-0.3, -0.25) is 0 Å². The van der Waals surface area contributed by atoms with E-state index in [0.717, 1.165) is 0 Å². The van der Waals surface area contributed by atoms with E-state index >= 15 is 0 Å². The minimum atomic E-state index is -4.75. The Morgan fingerprint density at radius 2 is 1.93 bits per heavy atom. The molecule has 1 heterocycles. The Labute approximate surface area is 100 Å². The zero-order valence-corrected chi connectivity index (χ0v) is 10.3. The van der Waals surface area contributed by atoms with Crippen molar-refractivity contribution < 1.29 is 17.9 Å². The Hall–Kier alpha value is -0.340. The summed E-state index contributed by atoms with van der Waals surface area (Å²) >= 11 is 5.92. The van der Waals surface area contributed by atoms with E-state index in [1.54, 1.807) is 0 Å². The summed E-state index contributed by atoms with van der Waals surface area (Å²) in [6, 6.07) is 1.18. The molecule has 84 valence electrons. The van der Waals surface area contributed by atoms with Crippen molar-refractivity contribution in [2.75, 3.05) is 0 Å². The molecule has 0 aromatic carbocycles. The number of pyridine rings is 1. The summed E-state index contributed by atoms with van der Waals surface area (Å²) in [4.78, 5) is 3.76. The van der Waals surface area contributed by atoms with E-state index in [9.17, 15) is 13.2 Å². The van der Waals surface area contributed by atoms with Crippen molar-refractivity contribution in [3.63, 3.8) is 0 Å². The SMILES string of the molecule is NCc1cc(OC(F)(F)F)c(Br)nc1Br. The van der Waals surface area contributed by atoms with Crippen LogP contribution in [0.25, 0.3) is 0 Å². The molecule has 0 aliphatic carbocycles. The third-order valence-electron chi connectivity index (χ3n) is 1.42. The number of halogens is 5. The molecule has 0 unspecified atom stereocenters. The molecule has 0 saturated heterocycles. The summed E-state index contributed by atoms with van der Waals surface area (Å²) < 4.78 is 39.9. The lowest BCUT2D eigenvalue weighted by molar-refractivity contribution is -0.275. The fraction of sp³-hybridized carbons (Fsp3) is 0.286. The Morgan fingerprint density at radius 1 is 1.33 bits per heavy atom. The molecular formula is C7H5Br2F3N2O. The first-order chi connectivity index (χ1) is 6.83. The maximum Gasteiger partial charge on any atom is 0.573 e. The van der Waals surface area contributed by atoms with Crippen LogP contribution in [0, 0.1) is 0 Å². The second-order valence-electron chi connectivity index (χ2n) is 2.48. The third kappa shape index (κ3) is 3.62. The zero-order chi connectivity index (χ0) is 11.6. The number of hydrogen-bond acceptors (Lipinski definition) is 3. The molecule has 15 heavy (non-hydrogen) atoms. The largest absolute Gasteiger partial charge is 0.573 e. The standard InChI is InChI=1S/C7H5Br2F3N2O/c8-5-3(2-13)1-4(6(9)14-5)15-7(10,11)12/h1H,2,13H2. The summed E-state index contributed by atoms with van der Waals surface area (Å²) in [5.74, 6) is -0.411. The van der Waals surface area contributed by atoms with Crippen LogP contribution in [0.1, 0.15) is 5.56 Å². The third-order valence-corrected chi connectivity index (χ3v) is 2.67. The van der Waals surface area contributed by atoms with Crippen LogP contribution in [-0.4, -0.2) is 11.3 Å². The number of hydrogen-bond donors (Lipinski definition) is 1. The molecule has 0 amide bonds. The lowest BCUT2D eigenvalue weighted by Crippen LogP contribution is -2.18. The molecule has 0 fully saturated rings. The van der Waals surface area contributed by atoms with Crippen LogP contribution < -0.4 is 10.5 Å². The first-order valence-corrected chi connectivity index (χ1v) is 5.23. The fourth-order valence-corrected chi connectivity index (χ4v) is 1.89. The highest BCUT2D eigenvalue weighted by atomic mass is 79.9. The van der Waals surface area contributed by atoms with Crippen LogP contribution >= 0.6 is 31.9 Å². The lowest BCUT2D eigenvalue weighted by Gasteiger charge is -2.11. The maximum atomic E-state index is 11.9. The molecule has 0 bridgehead atoms. The molecule has 1 aromatic heterocycles. The molecule has 0 aliphatic rings. The predicted molar refractivity (Wildman–Crippen MR) is 54.2 cm³/mol. The Balaban J connectivity index is 3.08. The topological polar surface area (TPSA) is 48.1 Å². The second kappa shape index (κ2) is 4.67. The van der Waals surface area contributed by atoms with Gasteiger partial charge >= 0.3 is 6.36 Å². The molecule has 0 radical (unpaired) electrons. The van der Waals surface area contributed by atoms with E-state index in [-0.39, 0.29) is 11.1 Å². The highest BCUT2D eigenvalue weighted by molar-refractivity contribution is 9.11. The van der Waals surface area contributed by atoms with Crippen LogP contribution in [0.4, 0.5) is 13.2 Å².